The van der Waals surface area contributed by atoms with Gasteiger partial charge in [-0.05, 0) is 22.1 Å². The predicted octanol–water partition coefficient (Wildman–Crippen LogP) is 2.49. The molecule has 0 unspecified atom stereocenters. The number of hydrogen-bond acceptors (Lipinski definition) is 4. The Balaban J connectivity index is 2.15. The summed E-state index contributed by atoms with van der Waals surface area (Å²) in [7, 11) is 0. The maximum Gasteiger partial charge on any atom is 0.416 e. The summed E-state index contributed by atoms with van der Waals surface area (Å²) in [6.45, 7) is 3.90. The van der Waals surface area contributed by atoms with Crippen LogP contribution in [-0.2, 0) is 19.3 Å². The summed E-state index contributed by atoms with van der Waals surface area (Å²) in [5.74, 6) is 0.293. The monoisotopic (exact) mass is 283 g/mol. The fraction of sp³-hybridized carbons (Fsp3) is 0.250. The maximum absolute atomic E-state index is 12.8. The largest absolute Gasteiger partial charge is 0.416 e. The number of benzene rings is 1. The highest BCUT2D eigenvalue weighted by Gasteiger charge is 2.32. The van der Waals surface area contributed by atoms with E-state index < -0.39 is 11.7 Å². The number of rotatable bonds is 5. The fourth-order valence-electron chi connectivity index (χ4n) is 1.70. The van der Waals surface area contributed by atoms with Gasteiger partial charge in [0, 0.05) is 6.54 Å². The van der Waals surface area contributed by atoms with Gasteiger partial charge in [-0.3, -0.25) is 0 Å². The van der Waals surface area contributed by atoms with Crippen molar-refractivity contribution in [3.05, 3.63) is 48.0 Å². The zero-order valence-corrected chi connectivity index (χ0v) is 10.4. The third-order valence-corrected chi connectivity index (χ3v) is 2.59. The number of aromatic nitrogens is 4. The first-order valence-corrected chi connectivity index (χ1v) is 5.78. The van der Waals surface area contributed by atoms with E-state index in [1.807, 2.05) is 0 Å². The molecular formula is C12H12F3N5. The Bertz CT molecular complexity index is 591. The average molecular weight is 283 g/mol. The number of tetrazole rings is 1. The van der Waals surface area contributed by atoms with Crippen molar-refractivity contribution in [2.24, 2.45) is 0 Å². The van der Waals surface area contributed by atoms with E-state index >= 15 is 0 Å². The van der Waals surface area contributed by atoms with Crippen LogP contribution in [0.15, 0.2) is 36.9 Å². The van der Waals surface area contributed by atoms with E-state index in [1.54, 1.807) is 12.1 Å². The Kier molecular flexibility index (Phi) is 4.02. The molecule has 5 nitrogen and oxygen atoms in total. The molecule has 0 atom stereocenters. The van der Waals surface area contributed by atoms with Crippen molar-refractivity contribution < 1.29 is 13.2 Å². The van der Waals surface area contributed by atoms with Gasteiger partial charge in [0.1, 0.15) is 0 Å². The average Bonchev–Trinajstić information content (AvgIpc) is 2.83. The van der Waals surface area contributed by atoms with Crippen LogP contribution in [0.5, 0.6) is 0 Å². The first-order chi connectivity index (χ1) is 9.52. The first-order valence-electron chi connectivity index (χ1n) is 5.78. The molecule has 1 aromatic carbocycles. The molecule has 0 bridgehead atoms. The predicted molar refractivity (Wildman–Crippen MR) is 66.8 cm³/mol. The molecule has 106 valence electrons. The molecule has 1 aromatic heterocycles. The van der Waals surface area contributed by atoms with E-state index in [0.29, 0.717) is 12.5 Å². The molecule has 2 aromatic rings. The lowest BCUT2D eigenvalue weighted by Gasteiger charge is -2.13. The minimum absolute atomic E-state index is 0.0206. The van der Waals surface area contributed by atoms with Crippen LogP contribution in [0.4, 0.5) is 19.1 Å². The van der Waals surface area contributed by atoms with Crippen molar-refractivity contribution in [1.82, 2.24) is 20.2 Å². The lowest BCUT2D eigenvalue weighted by molar-refractivity contribution is -0.138. The Morgan fingerprint density at radius 1 is 1.30 bits per heavy atom. The molecule has 1 heterocycles. The number of nitrogens with zero attached hydrogens (tertiary/aromatic N) is 4. The summed E-state index contributed by atoms with van der Waals surface area (Å²) in [5, 5.41) is 13.6. The van der Waals surface area contributed by atoms with Crippen molar-refractivity contribution in [3.8, 4) is 0 Å². The quantitative estimate of drug-likeness (QED) is 0.857. The summed E-state index contributed by atoms with van der Waals surface area (Å²) < 4.78 is 39.9. The van der Waals surface area contributed by atoms with Crippen molar-refractivity contribution in [2.75, 3.05) is 5.32 Å². The second kappa shape index (κ2) is 5.72. The van der Waals surface area contributed by atoms with E-state index in [0.717, 1.165) is 6.07 Å². The van der Waals surface area contributed by atoms with Crippen LogP contribution in [0.3, 0.4) is 0 Å². The summed E-state index contributed by atoms with van der Waals surface area (Å²) >= 11 is 0. The molecule has 0 spiro atoms. The molecule has 0 saturated heterocycles. The van der Waals surface area contributed by atoms with Gasteiger partial charge in [-0.2, -0.15) is 13.2 Å². The maximum atomic E-state index is 12.8. The SMILES string of the molecule is C=CCn1nnnc1NCc1ccccc1C(F)(F)F. The molecule has 0 radical (unpaired) electrons. The van der Waals surface area contributed by atoms with Gasteiger partial charge >= 0.3 is 6.18 Å². The molecule has 0 amide bonds. The summed E-state index contributed by atoms with van der Waals surface area (Å²) in [5.41, 5.74) is -0.539. The van der Waals surface area contributed by atoms with E-state index in [-0.39, 0.29) is 12.1 Å². The standard InChI is InChI=1S/C12H12F3N5/c1-2-7-20-11(17-18-19-20)16-8-9-5-3-4-6-10(9)12(13,14)15/h2-6H,1,7-8H2,(H,16,17,19). The number of allylic oxidation sites excluding steroid dienone is 1. The number of hydrogen-bond donors (Lipinski definition) is 1. The van der Waals surface area contributed by atoms with Crippen LogP contribution in [-0.4, -0.2) is 20.2 Å². The fourth-order valence-corrected chi connectivity index (χ4v) is 1.70. The van der Waals surface area contributed by atoms with Gasteiger partial charge in [0.25, 0.3) is 0 Å². The van der Waals surface area contributed by atoms with E-state index in [1.165, 1.54) is 16.8 Å². The molecule has 20 heavy (non-hydrogen) atoms. The molecule has 2 rings (SSSR count). The van der Waals surface area contributed by atoms with Crippen LogP contribution in [0.1, 0.15) is 11.1 Å². The molecule has 0 aliphatic heterocycles. The van der Waals surface area contributed by atoms with Crippen molar-refractivity contribution in [2.45, 2.75) is 19.3 Å². The van der Waals surface area contributed by atoms with Crippen molar-refractivity contribution in [1.29, 1.82) is 0 Å². The highest BCUT2D eigenvalue weighted by atomic mass is 19.4. The van der Waals surface area contributed by atoms with Gasteiger partial charge in [0.2, 0.25) is 5.95 Å². The summed E-state index contributed by atoms with van der Waals surface area (Å²) in [6, 6.07) is 5.37. The number of alkyl halides is 3. The normalized spacial score (nSPS) is 11.3. The Labute approximate surface area is 113 Å². The van der Waals surface area contributed by atoms with Crippen LogP contribution < -0.4 is 5.32 Å². The van der Waals surface area contributed by atoms with E-state index in [2.05, 4.69) is 27.4 Å². The van der Waals surface area contributed by atoms with Gasteiger partial charge in [-0.1, -0.05) is 29.4 Å². The molecule has 0 aliphatic carbocycles. The Hall–Kier alpha value is -2.38. The first kappa shape index (κ1) is 14.0. The smallest absolute Gasteiger partial charge is 0.349 e. The molecule has 0 aliphatic rings. The van der Waals surface area contributed by atoms with Crippen LogP contribution in [0, 0.1) is 0 Å². The van der Waals surface area contributed by atoms with E-state index in [9.17, 15) is 13.2 Å². The molecular weight excluding hydrogens is 271 g/mol. The van der Waals surface area contributed by atoms with E-state index in [4.69, 9.17) is 0 Å². The highest BCUT2D eigenvalue weighted by Crippen LogP contribution is 2.31. The second-order valence-corrected chi connectivity index (χ2v) is 3.98. The lowest BCUT2D eigenvalue weighted by Crippen LogP contribution is -2.13. The summed E-state index contributed by atoms with van der Waals surface area (Å²) in [6.07, 6.45) is -2.80. The third kappa shape index (κ3) is 3.14. The van der Waals surface area contributed by atoms with Crippen molar-refractivity contribution >= 4 is 5.95 Å². The van der Waals surface area contributed by atoms with Gasteiger partial charge in [-0.15, -0.1) is 6.58 Å². The molecule has 1 N–H and O–H groups in total. The van der Waals surface area contributed by atoms with Crippen LogP contribution in [0.2, 0.25) is 0 Å². The van der Waals surface area contributed by atoms with Crippen molar-refractivity contribution in [3.63, 3.8) is 0 Å². The zero-order valence-electron chi connectivity index (χ0n) is 10.4. The second-order valence-electron chi connectivity index (χ2n) is 3.98. The van der Waals surface area contributed by atoms with Gasteiger partial charge in [0.05, 0.1) is 12.1 Å². The molecule has 0 saturated carbocycles. The number of halogens is 3. The Morgan fingerprint density at radius 2 is 2.05 bits per heavy atom. The highest BCUT2D eigenvalue weighted by molar-refractivity contribution is 5.33. The lowest BCUT2D eigenvalue weighted by atomic mass is 10.1. The van der Waals surface area contributed by atoms with Gasteiger partial charge in [-0.25, -0.2) is 4.68 Å². The number of nitrogens with one attached hydrogen (secondary N) is 1. The third-order valence-electron chi connectivity index (χ3n) is 2.59. The van der Waals surface area contributed by atoms with Crippen LogP contribution in [0.25, 0.3) is 0 Å². The Morgan fingerprint density at radius 3 is 2.75 bits per heavy atom. The van der Waals surface area contributed by atoms with Gasteiger partial charge in [0.15, 0.2) is 0 Å². The molecule has 8 heteroatoms. The number of anilines is 1. The molecule has 0 fully saturated rings. The minimum atomic E-state index is -4.38. The van der Waals surface area contributed by atoms with Crippen LogP contribution >= 0.6 is 0 Å². The zero-order chi connectivity index (χ0) is 14.6. The summed E-state index contributed by atoms with van der Waals surface area (Å²) in [4.78, 5) is 0. The van der Waals surface area contributed by atoms with Gasteiger partial charge < -0.3 is 5.32 Å². The minimum Gasteiger partial charge on any atom is -0.349 e. The topological polar surface area (TPSA) is 55.6 Å².